The minimum atomic E-state index is -0.519. The van der Waals surface area contributed by atoms with Crippen molar-refractivity contribution in [3.63, 3.8) is 0 Å². The molecule has 2 rings (SSSR count). The first-order chi connectivity index (χ1) is 11.4. The molecule has 1 fully saturated rings. The summed E-state index contributed by atoms with van der Waals surface area (Å²) in [6, 6.07) is 5.70. The Morgan fingerprint density at radius 1 is 1.29 bits per heavy atom. The molecular weight excluding hydrogens is 322 g/mol. The fourth-order valence-electron chi connectivity index (χ4n) is 2.88. The zero-order valence-electron chi connectivity index (χ0n) is 13.8. The molecule has 0 aliphatic heterocycles. The maximum atomic E-state index is 11.6. The van der Waals surface area contributed by atoms with Crippen LogP contribution in [0.2, 0.25) is 0 Å². The number of amides is 1. The van der Waals surface area contributed by atoms with Crippen molar-refractivity contribution in [3.8, 4) is 0 Å². The molecule has 0 heterocycles. The van der Waals surface area contributed by atoms with Crippen molar-refractivity contribution in [2.75, 3.05) is 10.6 Å². The SMILES string of the molecule is CC(N)=CC(=S)Nc1cc(N[C@@H]2CCCC[C@@H]2N)ccc1C(N)=O. The minimum Gasteiger partial charge on any atom is -0.402 e. The van der Waals surface area contributed by atoms with Gasteiger partial charge in [-0.25, -0.2) is 0 Å². The summed E-state index contributed by atoms with van der Waals surface area (Å²) in [5, 5.41) is 6.47. The molecule has 7 heteroatoms. The summed E-state index contributed by atoms with van der Waals surface area (Å²) in [7, 11) is 0. The summed E-state index contributed by atoms with van der Waals surface area (Å²) in [4.78, 5) is 12.1. The average molecular weight is 347 g/mol. The van der Waals surface area contributed by atoms with Crippen LogP contribution in [0.3, 0.4) is 0 Å². The molecule has 2 atom stereocenters. The maximum Gasteiger partial charge on any atom is 0.250 e. The van der Waals surface area contributed by atoms with E-state index in [0.717, 1.165) is 18.5 Å². The van der Waals surface area contributed by atoms with Gasteiger partial charge in [0.2, 0.25) is 0 Å². The van der Waals surface area contributed by atoms with E-state index in [1.54, 1.807) is 19.1 Å². The summed E-state index contributed by atoms with van der Waals surface area (Å²) in [6.07, 6.45) is 6.02. The van der Waals surface area contributed by atoms with E-state index in [9.17, 15) is 4.79 Å². The van der Waals surface area contributed by atoms with Crippen molar-refractivity contribution >= 4 is 34.5 Å². The van der Waals surface area contributed by atoms with Gasteiger partial charge in [-0.05, 0) is 44.0 Å². The van der Waals surface area contributed by atoms with E-state index in [4.69, 9.17) is 29.4 Å². The zero-order chi connectivity index (χ0) is 17.7. The quantitative estimate of drug-likeness (QED) is 0.411. The van der Waals surface area contributed by atoms with Crippen molar-refractivity contribution in [1.29, 1.82) is 0 Å². The van der Waals surface area contributed by atoms with Gasteiger partial charge in [0.15, 0.2) is 0 Å². The van der Waals surface area contributed by atoms with E-state index in [0.29, 0.717) is 21.9 Å². The van der Waals surface area contributed by atoms with E-state index in [2.05, 4.69) is 10.6 Å². The molecule has 0 bridgehead atoms. The Labute approximate surface area is 147 Å². The van der Waals surface area contributed by atoms with Crippen LogP contribution in [0.1, 0.15) is 43.0 Å². The number of carbonyl (C=O) groups excluding carboxylic acids is 1. The molecule has 0 radical (unpaired) electrons. The molecule has 1 amide bonds. The summed E-state index contributed by atoms with van der Waals surface area (Å²) < 4.78 is 0. The van der Waals surface area contributed by atoms with E-state index < -0.39 is 5.91 Å². The molecule has 1 aromatic rings. The van der Waals surface area contributed by atoms with Crippen LogP contribution in [0, 0.1) is 0 Å². The molecule has 130 valence electrons. The lowest BCUT2D eigenvalue weighted by Gasteiger charge is -2.30. The van der Waals surface area contributed by atoms with Crippen LogP contribution < -0.4 is 27.8 Å². The van der Waals surface area contributed by atoms with Gasteiger partial charge in [-0.3, -0.25) is 4.79 Å². The topological polar surface area (TPSA) is 119 Å². The lowest BCUT2D eigenvalue weighted by atomic mass is 9.91. The number of carbonyl (C=O) groups is 1. The van der Waals surface area contributed by atoms with Gasteiger partial charge in [0.05, 0.1) is 11.3 Å². The predicted molar refractivity (Wildman–Crippen MR) is 103 cm³/mol. The zero-order valence-corrected chi connectivity index (χ0v) is 14.7. The molecule has 1 aliphatic rings. The molecule has 1 aromatic carbocycles. The van der Waals surface area contributed by atoms with Crippen molar-refractivity contribution < 1.29 is 4.79 Å². The number of benzene rings is 1. The lowest BCUT2D eigenvalue weighted by molar-refractivity contribution is 0.100. The molecular formula is C17H25N5OS. The highest BCUT2D eigenvalue weighted by atomic mass is 32.1. The van der Waals surface area contributed by atoms with Crippen LogP contribution in [-0.4, -0.2) is 23.0 Å². The van der Waals surface area contributed by atoms with E-state index >= 15 is 0 Å². The van der Waals surface area contributed by atoms with Gasteiger partial charge in [0.1, 0.15) is 4.99 Å². The van der Waals surface area contributed by atoms with Gasteiger partial charge in [0.25, 0.3) is 5.91 Å². The van der Waals surface area contributed by atoms with Gasteiger partial charge in [-0.15, -0.1) is 0 Å². The predicted octanol–water partition coefficient (Wildman–Crippen LogP) is 2.07. The number of rotatable bonds is 5. The molecule has 0 spiro atoms. The summed E-state index contributed by atoms with van der Waals surface area (Å²) in [5.41, 5.74) is 19.6. The van der Waals surface area contributed by atoms with Crippen LogP contribution in [0.4, 0.5) is 11.4 Å². The number of allylic oxidation sites excluding steroid dienone is 1. The van der Waals surface area contributed by atoms with Crippen molar-refractivity contribution in [2.45, 2.75) is 44.7 Å². The monoisotopic (exact) mass is 347 g/mol. The molecule has 24 heavy (non-hydrogen) atoms. The van der Waals surface area contributed by atoms with Crippen molar-refractivity contribution in [2.24, 2.45) is 17.2 Å². The summed E-state index contributed by atoms with van der Waals surface area (Å²) in [5.74, 6) is -0.519. The molecule has 6 nitrogen and oxygen atoms in total. The first-order valence-electron chi connectivity index (χ1n) is 8.07. The van der Waals surface area contributed by atoms with Crippen LogP contribution in [0.25, 0.3) is 0 Å². The molecule has 0 unspecified atom stereocenters. The Balaban J connectivity index is 2.21. The Kier molecular flexibility index (Phi) is 6.16. The Morgan fingerprint density at radius 2 is 2.00 bits per heavy atom. The highest BCUT2D eigenvalue weighted by Gasteiger charge is 2.22. The second-order valence-corrected chi connectivity index (χ2v) is 6.64. The molecule has 1 aliphatic carbocycles. The third kappa shape index (κ3) is 4.94. The van der Waals surface area contributed by atoms with E-state index in [1.807, 2.05) is 12.1 Å². The molecule has 1 saturated carbocycles. The van der Waals surface area contributed by atoms with Gasteiger partial charge < -0.3 is 27.8 Å². The maximum absolute atomic E-state index is 11.6. The summed E-state index contributed by atoms with van der Waals surface area (Å²) >= 11 is 5.22. The fourth-order valence-corrected chi connectivity index (χ4v) is 3.18. The minimum absolute atomic E-state index is 0.134. The number of hydrogen-bond donors (Lipinski definition) is 5. The average Bonchev–Trinajstić information content (AvgIpc) is 2.48. The standard InChI is InChI=1S/C17H25N5OS/c1-10(18)8-16(24)22-15-9-11(6-7-12(15)17(20)23)21-14-5-3-2-4-13(14)19/h6-9,13-14,21H,2-5,18-19H2,1H3,(H2,20,23)(H,22,24)/t13-,14+/m0/s1. The first-order valence-corrected chi connectivity index (χ1v) is 8.48. The number of nitrogens with one attached hydrogen (secondary N) is 2. The van der Waals surface area contributed by atoms with Crippen molar-refractivity contribution in [1.82, 2.24) is 0 Å². The fraction of sp³-hybridized carbons (Fsp3) is 0.412. The van der Waals surface area contributed by atoms with Gasteiger partial charge in [-0.2, -0.15) is 0 Å². The number of thiocarbonyl (C=S) groups is 1. The molecule has 0 saturated heterocycles. The van der Waals surface area contributed by atoms with Gasteiger partial charge in [0, 0.05) is 23.5 Å². The first kappa shape index (κ1) is 18.2. The second kappa shape index (κ2) is 8.12. The normalized spacial score (nSPS) is 21.2. The third-order valence-electron chi connectivity index (χ3n) is 4.07. The van der Waals surface area contributed by atoms with Crippen LogP contribution in [-0.2, 0) is 0 Å². The Morgan fingerprint density at radius 3 is 2.62 bits per heavy atom. The number of anilines is 2. The second-order valence-electron chi connectivity index (χ2n) is 6.20. The van der Waals surface area contributed by atoms with Crippen LogP contribution in [0.5, 0.6) is 0 Å². The smallest absolute Gasteiger partial charge is 0.250 e. The van der Waals surface area contributed by atoms with Gasteiger partial charge in [-0.1, -0.05) is 25.1 Å². The summed E-state index contributed by atoms with van der Waals surface area (Å²) in [6.45, 7) is 1.74. The van der Waals surface area contributed by atoms with Crippen LogP contribution in [0.15, 0.2) is 30.0 Å². The molecule has 8 N–H and O–H groups in total. The van der Waals surface area contributed by atoms with E-state index in [1.165, 1.54) is 12.8 Å². The lowest BCUT2D eigenvalue weighted by Crippen LogP contribution is -2.42. The number of hydrogen-bond acceptors (Lipinski definition) is 5. The number of primary amides is 1. The Bertz CT molecular complexity index is 654. The Hall–Kier alpha value is -2.12. The number of nitrogens with two attached hydrogens (primary N) is 3. The van der Waals surface area contributed by atoms with E-state index in [-0.39, 0.29) is 12.1 Å². The van der Waals surface area contributed by atoms with Crippen LogP contribution >= 0.6 is 12.2 Å². The highest BCUT2D eigenvalue weighted by Crippen LogP contribution is 2.25. The largest absolute Gasteiger partial charge is 0.402 e. The van der Waals surface area contributed by atoms with Gasteiger partial charge >= 0.3 is 0 Å². The van der Waals surface area contributed by atoms with Crippen molar-refractivity contribution in [3.05, 3.63) is 35.5 Å². The molecule has 0 aromatic heterocycles. The highest BCUT2D eigenvalue weighted by molar-refractivity contribution is 7.81. The third-order valence-corrected chi connectivity index (χ3v) is 4.29.